The van der Waals surface area contributed by atoms with Gasteiger partial charge in [-0.15, -0.1) is 0 Å². The molecule has 0 bridgehead atoms. The first-order valence-corrected chi connectivity index (χ1v) is 21.7. The molecule has 3 heterocycles. The van der Waals surface area contributed by atoms with Crippen LogP contribution >= 0.6 is 0 Å². The first-order chi connectivity index (χ1) is 30.3. The average molecular weight is 828 g/mol. The summed E-state index contributed by atoms with van der Waals surface area (Å²) in [4.78, 5) is 78.6. The second-order valence-corrected chi connectivity index (χ2v) is 16.7. The number of aromatic nitrogens is 2. The molecule has 2 aliphatic heterocycles. The number of nitrogens with zero attached hydrogens (tertiary/aromatic N) is 3. The van der Waals surface area contributed by atoms with Gasteiger partial charge in [0, 0.05) is 41.7 Å². The van der Waals surface area contributed by atoms with Crippen LogP contribution in [-0.2, 0) is 24.0 Å². The fraction of sp³-hybridized carbons (Fsp3) is 0.320. The van der Waals surface area contributed by atoms with E-state index in [1.165, 1.54) is 0 Å². The van der Waals surface area contributed by atoms with Gasteiger partial charge in [-0.1, -0.05) is 84.6 Å². The number of benzene rings is 4. The number of carbonyl (C=O) groups excluding carboxylic acids is 5. The Balaban J connectivity index is 0.809. The number of anilines is 1. The summed E-state index contributed by atoms with van der Waals surface area (Å²) in [6.45, 7) is 1.03. The van der Waals surface area contributed by atoms with Gasteiger partial charge < -0.3 is 30.7 Å². The summed E-state index contributed by atoms with van der Waals surface area (Å²) < 4.78 is 0. The van der Waals surface area contributed by atoms with E-state index in [1.807, 2.05) is 102 Å². The third kappa shape index (κ3) is 9.17. The van der Waals surface area contributed by atoms with Crippen molar-refractivity contribution >= 4 is 35.2 Å². The number of H-pyrrole nitrogens is 1. The number of carbonyl (C=O) groups is 5. The van der Waals surface area contributed by atoms with Crippen LogP contribution in [0.15, 0.2) is 115 Å². The molecule has 4 N–H and O–H groups in total. The smallest absolute Gasteiger partial charge is 0.250 e. The Morgan fingerprint density at radius 2 is 1.11 bits per heavy atom. The molecule has 0 radical (unpaired) electrons. The molecule has 2 aliphatic carbocycles. The quantitative estimate of drug-likeness (QED) is 0.104. The van der Waals surface area contributed by atoms with E-state index in [4.69, 9.17) is 4.98 Å². The third-order valence-electron chi connectivity index (χ3n) is 12.2. The summed E-state index contributed by atoms with van der Waals surface area (Å²) in [5.41, 5.74) is 5.44. The number of aromatic amines is 1. The van der Waals surface area contributed by atoms with Crippen LogP contribution in [-0.4, -0.2) is 68.4 Å². The van der Waals surface area contributed by atoms with Crippen molar-refractivity contribution in [2.45, 2.75) is 75.5 Å². The largest absolute Gasteiger partial charge is 0.340 e. The first-order valence-electron chi connectivity index (χ1n) is 21.7. The molecular formula is C50H49N7O5. The third-order valence-corrected chi connectivity index (χ3v) is 12.2. The zero-order chi connectivity index (χ0) is 42.6. The van der Waals surface area contributed by atoms with Crippen molar-refractivity contribution in [3.05, 3.63) is 143 Å². The maximum absolute atomic E-state index is 14.0. The number of nitrogens with one attached hydrogen (secondary N) is 4. The van der Waals surface area contributed by atoms with Crippen LogP contribution in [0.5, 0.6) is 0 Å². The van der Waals surface area contributed by atoms with Crippen LogP contribution in [0.4, 0.5) is 5.69 Å². The van der Waals surface area contributed by atoms with Crippen molar-refractivity contribution in [2.24, 2.45) is 11.8 Å². The lowest BCUT2D eigenvalue weighted by Gasteiger charge is -2.29. The Labute approximate surface area is 360 Å². The highest BCUT2D eigenvalue weighted by Gasteiger charge is 2.41. The summed E-state index contributed by atoms with van der Waals surface area (Å²) in [5.74, 6) is 6.23. The molecule has 2 saturated carbocycles. The van der Waals surface area contributed by atoms with E-state index in [1.54, 1.807) is 23.2 Å². The molecule has 314 valence electrons. The van der Waals surface area contributed by atoms with Gasteiger partial charge in [-0.25, -0.2) is 4.98 Å². The maximum atomic E-state index is 14.0. The van der Waals surface area contributed by atoms with Gasteiger partial charge in [0.1, 0.15) is 23.9 Å². The van der Waals surface area contributed by atoms with E-state index < -0.39 is 18.1 Å². The van der Waals surface area contributed by atoms with E-state index in [0.29, 0.717) is 37.2 Å². The van der Waals surface area contributed by atoms with Gasteiger partial charge in [0.15, 0.2) is 0 Å². The molecule has 4 aromatic carbocycles. The van der Waals surface area contributed by atoms with E-state index >= 15 is 0 Å². The zero-order valence-corrected chi connectivity index (χ0v) is 34.4. The second kappa shape index (κ2) is 17.9. The predicted octanol–water partition coefficient (Wildman–Crippen LogP) is 6.60. The van der Waals surface area contributed by atoms with Crippen molar-refractivity contribution in [3.8, 4) is 23.1 Å². The lowest BCUT2D eigenvalue weighted by molar-refractivity contribution is -0.140. The molecule has 5 aromatic rings. The van der Waals surface area contributed by atoms with Gasteiger partial charge in [-0.05, 0) is 104 Å². The minimum absolute atomic E-state index is 0.00835. The van der Waals surface area contributed by atoms with Gasteiger partial charge >= 0.3 is 0 Å². The Hall–Kier alpha value is -7.00. The minimum Gasteiger partial charge on any atom is -0.340 e. The highest BCUT2D eigenvalue weighted by Crippen LogP contribution is 2.36. The second-order valence-electron chi connectivity index (χ2n) is 16.7. The Kier molecular flexibility index (Phi) is 11.7. The van der Waals surface area contributed by atoms with E-state index in [2.05, 4.69) is 32.8 Å². The summed E-state index contributed by atoms with van der Waals surface area (Å²) in [6, 6.07) is 31.4. The number of imidazole rings is 1. The number of amides is 5. The molecule has 2 saturated heterocycles. The van der Waals surface area contributed by atoms with Gasteiger partial charge in [-0.3, -0.25) is 24.0 Å². The summed E-state index contributed by atoms with van der Waals surface area (Å²) in [7, 11) is 0. The lowest BCUT2D eigenvalue weighted by Crippen LogP contribution is -2.48. The Bertz CT molecular complexity index is 2500. The number of hydrogen-bond donors (Lipinski definition) is 4. The van der Waals surface area contributed by atoms with Gasteiger partial charge in [-0.2, -0.15) is 0 Å². The highest BCUT2D eigenvalue weighted by molar-refractivity contribution is 5.99. The van der Waals surface area contributed by atoms with Gasteiger partial charge in [0.2, 0.25) is 29.5 Å². The topological polar surface area (TPSA) is 157 Å². The molecule has 4 aliphatic rings. The molecule has 62 heavy (non-hydrogen) atoms. The lowest BCUT2D eigenvalue weighted by atomic mass is 10.0. The van der Waals surface area contributed by atoms with Crippen LogP contribution < -0.4 is 16.0 Å². The van der Waals surface area contributed by atoms with E-state index in [-0.39, 0.29) is 47.4 Å². The first kappa shape index (κ1) is 40.4. The summed E-state index contributed by atoms with van der Waals surface area (Å²) in [5, 5.41) is 8.96. The molecule has 4 unspecified atom stereocenters. The average Bonchev–Trinajstić information content (AvgIpc) is 4.18. The fourth-order valence-corrected chi connectivity index (χ4v) is 8.42. The fourth-order valence-electron chi connectivity index (χ4n) is 8.42. The van der Waals surface area contributed by atoms with Crippen molar-refractivity contribution in [2.75, 3.05) is 18.4 Å². The monoisotopic (exact) mass is 827 g/mol. The summed E-state index contributed by atoms with van der Waals surface area (Å²) >= 11 is 0. The Morgan fingerprint density at radius 1 is 0.597 bits per heavy atom. The Morgan fingerprint density at radius 3 is 1.68 bits per heavy atom. The zero-order valence-electron chi connectivity index (χ0n) is 34.4. The van der Waals surface area contributed by atoms with Crippen LogP contribution in [0.1, 0.15) is 97.6 Å². The normalized spacial score (nSPS) is 19.2. The SMILES string of the molecule is O=C(NC(C(=O)N1CCCC1C(=O)Nc1ccc(C#Cc2ccc(-c3cnc(C4CCCN4C(=O)C(NC(=O)C4CC4)c4ccccc4)[nH]3)cc2)cc1)c1ccccc1)C1CC1. The molecule has 9 rings (SSSR count). The van der Waals surface area contributed by atoms with Crippen LogP contribution in [0.25, 0.3) is 11.3 Å². The highest BCUT2D eigenvalue weighted by atomic mass is 16.2. The van der Waals surface area contributed by atoms with Crippen LogP contribution in [0.2, 0.25) is 0 Å². The predicted molar refractivity (Wildman–Crippen MR) is 234 cm³/mol. The molecule has 0 spiro atoms. The molecule has 5 amide bonds. The summed E-state index contributed by atoms with van der Waals surface area (Å²) in [6.07, 6.45) is 8.03. The number of hydrogen-bond acceptors (Lipinski definition) is 6. The molecule has 1 aromatic heterocycles. The van der Waals surface area contributed by atoms with E-state index in [0.717, 1.165) is 72.3 Å². The van der Waals surface area contributed by atoms with Crippen LogP contribution in [0, 0.1) is 23.7 Å². The van der Waals surface area contributed by atoms with Crippen molar-refractivity contribution in [1.29, 1.82) is 0 Å². The van der Waals surface area contributed by atoms with E-state index in [9.17, 15) is 24.0 Å². The molecule has 12 nitrogen and oxygen atoms in total. The van der Waals surface area contributed by atoms with Crippen molar-refractivity contribution < 1.29 is 24.0 Å². The van der Waals surface area contributed by atoms with Crippen LogP contribution in [0.3, 0.4) is 0 Å². The number of rotatable bonds is 12. The molecule has 4 atom stereocenters. The maximum Gasteiger partial charge on any atom is 0.250 e. The van der Waals surface area contributed by atoms with Crippen molar-refractivity contribution in [1.82, 2.24) is 30.4 Å². The van der Waals surface area contributed by atoms with Gasteiger partial charge in [0.25, 0.3) is 0 Å². The van der Waals surface area contributed by atoms with Gasteiger partial charge in [0.05, 0.1) is 17.9 Å². The molecule has 12 heteroatoms. The minimum atomic E-state index is -0.843. The standard InChI is InChI=1S/C50H49N7O5/c58-46(37-23-24-37)54-43(35-9-3-1-4-10-35)49(61)56-29-7-13-41(56)45-51-31-40(53-45)34-21-17-32(18-22-34)15-16-33-19-27-39(28-20-33)52-48(60)42-14-8-30-57(42)50(62)44(36-11-5-2-6-12-36)55-47(59)38-25-26-38/h1-6,9-12,17-22,27-28,31,37-38,41-44H,7-8,13-14,23-26,29-30H2,(H,51,53)(H,52,60)(H,54,58)(H,55,59). The number of likely N-dealkylation sites (tertiary alicyclic amines) is 2. The van der Waals surface area contributed by atoms with Crippen molar-refractivity contribution in [3.63, 3.8) is 0 Å². The molecular weight excluding hydrogens is 779 g/mol. The molecule has 4 fully saturated rings.